The number of amides is 2. The van der Waals surface area contributed by atoms with Gasteiger partial charge in [-0.2, -0.15) is 0 Å². The van der Waals surface area contributed by atoms with Crippen molar-refractivity contribution < 1.29 is 14.7 Å². The predicted molar refractivity (Wildman–Crippen MR) is 64.3 cm³/mol. The summed E-state index contributed by atoms with van der Waals surface area (Å²) < 4.78 is 0. The lowest BCUT2D eigenvalue weighted by Gasteiger charge is -2.27. The average molecular weight is 250 g/mol. The molecule has 0 radical (unpaired) electrons. The molecular weight excluding hydrogens is 236 g/mol. The number of carbonyl (C=O) groups is 2. The minimum absolute atomic E-state index is 0.0142. The highest BCUT2D eigenvalue weighted by Crippen LogP contribution is 2.12. The minimum atomic E-state index is -1.06. The van der Waals surface area contributed by atoms with Crippen LogP contribution in [0.4, 0.5) is 10.6 Å². The molecule has 1 aromatic rings. The molecule has 0 aliphatic carbocycles. The van der Waals surface area contributed by atoms with Gasteiger partial charge < -0.3 is 20.6 Å². The van der Waals surface area contributed by atoms with E-state index in [1.807, 2.05) is 4.90 Å². The van der Waals surface area contributed by atoms with E-state index in [1.165, 1.54) is 0 Å². The Morgan fingerprint density at radius 2 is 2.39 bits per heavy atom. The van der Waals surface area contributed by atoms with Crippen LogP contribution >= 0.6 is 0 Å². The maximum atomic E-state index is 11.2. The Morgan fingerprint density at radius 1 is 1.56 bits per heavy atom. The molecule has 1 aromatic heterocycles. The van der Waals surface area contributed by atoms with Crippen LogP contribution in [0.1, 0.15) is 5.56 Å². The Hall–Kier alpha value is -2.31. The highest BCUT2D eigenvalue weighted by Gasteiger charge is 2.16. The monoisotopic (exact) mass is 250 g/mol. The second kappa shape index (κ2) is 5.35. The number of hydrogen-bond donors (Lipinski definition) is 3. The van der Waals surface area contributed by atoms with E-state index in [9.17, 15) is 9.59 Å². The van der Waals surface area contributed by atoms with E-state index in [2.05, 4.69) is 15.6 Å². The van der Waals surface area contributed by atoms with E-state index in [4.69, 9.17) is 5.11 Å². The molecule has 0 spiro atoms. The van der Waals surface area contributed by atoms with Crippen molar-refractivity contribution in [1.82, 2.24) is 15.6 Å². The fraction of sp³-hybridized carbons (Fsp3) is 0.364. The van der Waals surface area contributed by atoms with Crippen LogP contribution in [0.15, 0.2) is 18.3 Å². The van der Waals surface area contributed by atoms with Gasteiger partial charge in [0.2, 0.25) is 5.91 Å². The molecule has 3 N–H and O–H groups in total. The van der Waals surface area contributed by atoms with Crippen molar-refractivity contribution in [2.24, 2.45) is 0 Å². The smallest absolute Gasteiger partial charge is 0.404 e. The minimum Gasteiger partial charge on any atom is -0.465 e. The third-order valence-corrected chi connectivity index (χ3v) is 2.62. The Labute approximate surface area is 104 Å². The molecule has 0 unspecified atom stereocenters. The predicted octanol–water partition coefficient (Wildman–Crippen LogP) is -0.215. The molecule has 1 aliphatic rings. The molecule has 0 bridgehead atoms. The first-order valence-electron chi connectivity index (χ1n) is 5.58. The van der Waals surface area contributed by atoms with E-state index in [0.29, 0.717) is 13.1 Å². The molecule has 18 heavy (non-hydrogen) atoms. The maximum Gasteiger partial charge on any atom is 0.404 e. The topological polar surface area (TPSA) is 94.6 Å². The van der Waals surface area contributed by atoms with Crippen LogP contribution in [-0.2, 0) is 11.3 Å². The van der Waals surface area contributed by atoms with Crippen LogP contribution in [0.3, 0.4) is 0 Å². The zero-order valence-electron chi connectivity index (χ0n) is 9.72. The third kappa shape index (κ3) is 3.09. The summed E-state index contributed by atoms with van der Waals surface area (Å²) in [4.78, 5) is 27.7. The highest BCUT2D eigenvalue weighted by molar-refractivity contribution is 5.82. The maximum absolute atomic E-state index is 11.2. The van der Waals surface area contributed by atoms with Crippen molar-refractivity contribution in [3.63, 3.8) is 0 Å². The van der Waals surface area contributed by atoms with Gasteiger partial charge in [0.15, 0.2) is 0 Å². The van der Waals surface area contributed by atoms with Gasteiger partial charge in [0.05, 0.1) is 6.54 Å². The highest BCUT2D eigenvalue weighted by atomic mass is 16.4. The van der Waals surface area contributed by atoms with Gasteiger partial charge in [0.1, 0.15) is 5.82 Å². The van der Waals surface area contributed by atoms with Crippen LogP contribution in [0.2, 0.25) is 0 Å². The molecule has 2 rings (SSSR count). The molecule has 7 nitrogen and oxygen atoms in total. The molecule has 1 fully saturated rings. The van der Waals surface area contributed by atoms with Crippen LogP contribution < -0.4 is 15.5 Å². The SMILES string of the molecule is O=C(O)NCc1ccc(N2CCNC(=O)C2)nc1. The lowest BCUT2D eigenvalue weighted by Crippen LogP contribution is -2.48. The van der Waals surface area contributed by atoms with Gasteiger partial charge in [-0.15, -0.1) is 0 Å². The zero-order chi connectivity index (χ0) is 13.0. The van der Waals surface area contributed by atoms with Crippen LogP contribution in [0.25, 0.3) is 0 Å². The van der Waals surface area contributed by atoms with Crippen molar-refractivity contribution in [3.05, 3.63) is 23.9 Å². The van der Waals surface area contributed by atoms with Gasteiger partial charge in [-0.3, -0.25) is 4.79 Å². The van der Waals surface area contributed by atoms with E-state index in [1.54, 1.807) is 18.3 Å². The molecule has 0 saturated carbocycles. The molecule has 1 aliphatic heterocycles. The Bertz CT molecular complexity index is 446. The van der Waals surface area contributed by atoms with Gasteiger partial charge in [-0.05, 0) is 11.6 Å². The normalized spacial score (nSPS) is 15.1. The fourth-order valence-electron chi connectivity index (χ4n) is 1.72. The van der Waals surface area contributed by atoms with Crippen molar-refractivity contribution in [2.45, 2.75) is 6.54 Å². The van der Waals surface area contributed by atoms with Crippen molar-refractivity contribution in [1.29, 1.82) is 0 Å². The summed E-state index contributed by atoms with van der Waals surface area (Å²) in [5, 5.41) is 13.5. The Balaban J connectivity index is 1.98. The van der Waals surface area contributed by atoms with Gasteiger partial charge >= 0.3 is 6.09 Å². The molecule has 0 atom stereocenters. The second-order valence-electron chi connectivity index (χ2n) is 3.95. The summed E-state index contributed by atoms with van der Waals surface area (Å²) in [7, 11) is 0. The first-order chi connectivity index (χ1) is 8.65. The molecule has 7 heteroatoms. The van der Waals surface area contributed by atoms with Gasteiger partial charge in [0, 0.05) is 25.8 Å². The number of piperazine rings is 1. The summed E-state index contributed by atoms with van der Waals surface area (Å²) >= 11 is 0. The number of rotatable bonds is 3. The summed E-state index contributed by atoms with van der Waals surface area (Å²) in [6.45, 7) is 1.87. The number of nitrogens with zero attached hydrogens (tertiary/aromatic N) is 2. The number of nitrogens with one attached hydrogen (secondary N) is 2. The molecule has 0 aromatic carbocycles. The van der Waals surface area contributed by atoms with E-state index < -0.39 is 6.09 Å². The van der Waals surface area contributed by atoms with Crippen LogP contribution in [0, 0.1) is 0 Å². The first kappa shape index (κ1) is 12.2. The lowest BCUT2D eigenvalue weighted by atomic mass is 10.2. The lowest BCUT2D eigenvalue weighted by molar-refractivity contribution is -0.120. The second-order valence-corrected chi connectivity index (χ2v) is 3.95. The average Bonchev–Trinajstić information content (AvgIpc) is 2.37. The van der Waals surface area contributed by atoms with Crippen molar-refractivity contribution >= 4 is 17.8 Å². The Morgan fingerprint density at radius 3 is 3.00 bits per heavy atom. The van der Waals surface area contributed by atoms with E-state index in [0.717, 1.165) is 17.9 Å². The molecule has 1 saturated heterocycles. The number of carboxylic acid groups (broad SMARTS) is 1. The van der Waals surface area contributed by atoms with Gasteiger partial charge in [-0.25, -0.2) is 9.78 Å². The van der Waals surface area contributed by atoms with Crippen molar-refractivity contribution in [2.75, 3.05) is 24.5 Å². The number of hydrogen-bond acceptors (Lipinski definition) is 4. The van der Waals surface area contributed by atoms with Crippen LogP contribution in [-0.4, -0.2) is 41.7 Å². The molecule has 2 amide bonds. The van der Waals surface area contributed by atoms with E-state index >= 15 is 0 Å². The third-order valence-electron chi connectivity index (χ3n) is 2.62. The molecule has 96 valence electrons. The number of carbonyl (C=O) groups excluding carboxylic acids is 1. The summed E-state index contributed by atoms with van der Waals surface area (Å²) in [5.41, 5.74) is 0.780. The molecule has 2 heterocycles. The zero-order valence-corrected chi connectivity index (χ0v) is 9.72. The van der Waals surface area contributed by atoms with Crippen molar-refractivity contribution in [3.8, 4) is 0 Å². The van der Waals surface area contributed by atoms with Gasteiger partial charge in [0.25, 0.3) is 0 Å². The molecular formula is C11H14N4O3. The number of anilines is 1. The standard InChI is InChI=1S/C11H14N4O3/c16-10-7-15(4-3-12-10)9-2-1-8(5-13-9)6-14-11(17)18/h1-2,5,14H,3-4,6-7H2,(H,12,16)(H,17,18). The fourth-order valence-corrected chi connectivity index (χ4v) is 1.72. The van der Waals surface area contributed by atoms with Crippen LogP contribution in [0.5, 0.6) is 0 Å². The summed E-state index contributed by atoms with van der Waals surface area (Å²) in [5.74, 6) is 0.712. The first-order valence-corrected chi connectivity index (χ1v) is 5.58. The summed E-state index contributed by atoms with van der Waals surface area (Å²) in [6.07, 6.45) is 0.546. The number of pyridine rings is 1. The van der Waals surface area contributed by atoms with Gasteiger partial charge in [-0.1, -0.05) is 6.07 Å². The largest absolute Gasteiger partial charge is 0.465 e. The number of aromatic nitrogens is 1. The van der Waals surface area contributed by atoms with E-state index in [-0.39, 0.29) is 12.5 Å². The quantitative estimate of drug-likeness (QED) is 0.689. The summed E-state index contributed by atoms with van der Waals surface area (Å²) in [6, 6.07) is 3.59. The Kier molecular flexibility index (Phi) is 3.61.